The van der Waals surface area contributed by atoms with E-state index in [1.54, 1.807) is 12.4 Å². The Morgan fingerprint density at radius 3 is 2.69 bits per heavy atom. The van der Waals surface area contributed by atoms with E-state index in [9.17, 15) is 0 Å². The van der Waals surface area contributed by atoms with Crippen LogP contribution < -0.4 is 5.32 Å². The van der Waals surface area contributed by atoms with Crippen molar-refractivity contribution in [1.29, 1.82) is 0 Å². The quantitative estimate of drug-likeness (QED) is 0.714. The zero-order chi connectivity index (χ0) is 9.68. The van der Waals surface area contributed by atoms with E-state index in [2.05, 4.69) is 35.4 Å². The van der Waals surface area contributed by atoms with E-state index in [0.29, 0.717) is 0 Å². The Bertz CT molecular complexity index is 275. The molecule has 1 atom stereocenters. The summed E-state index contributed by atoms with van der Waals surface area (Å²) in [7, 11) is 1.94. The molecule has 0 amide bonds. The van der Waals surface area contributed by atoms with Crippen molar-refractivity contribution >= 4 is 0 Å². The first-order valence-corrected chi connectivity index (χ1v) is 4.33. The van der Waals surface area contributed by atoms with Gasteiger partial charge in [-0.1, -0.05) is 11.6 Å². The molecule has 1 aromatic rings. The highest BCUT2D eigenvalue weighted by molar-refractivity contribution is 5.19. The van der Waals surface area contributed by atoms with Crippen LogP contribution in [-0.2, 0) is 0 Å². The van der Waals surface area contributed by atoms with Crippen molar-refractivity contribution in [3.05, 3.63) is 35.7 Å². The lowest BCUT2D eigenvalue weighted by molar-refractivity contribution is 0.702. The Morgan fingerprint density at radius 1 is 1.46 bits per heavy atom. The molecule has 0 radical (unpaired) electrons. The highest BCUT2D eigenvalue weighted by Crippen LogP contribution is 2.13. The number of hydrogen-bond acceptors (Lipinski definition) is 3. The van der Waals surface area contributed by atoms with Crippen molar-refractivity contribution in [1.82, 2.24) is 15.5 Å². The molecule has 1 N–H and O–H groups in total. The summed E-state index contributed by atoms with van der Waals surface area (Å²) in [6.07, 6.45) is 5.65. The van der Waals surface area contributed by atoms with Gasteiger partial charge in [0.15, 0.2) is 0 Å². The van der Waals surface area contributed by atoms with Gasteiger partial charge in [-0.25, -0.2) is 0 Å². The third kappa shape index (κ3) is 2.95. The molecule has 0 bridgehead atoms. The van der Waals surface area contributed by atoms with Crippen molar-refractivity contribution in [2.75, 3.05) is 7.05 Å². The molecule has 3 nitrogen and oxygen atoms in total. The first-order valence-electron chi connectivity index (χ1n) is 4.33. The van der Waals surface area contributed by atoms with E-state index < -0.39 is 0 Å². The fourth-order valence-corrected chi connectivity index (χ4v) is 1.16. The van der Waals surface area contributed by atoms with Gasteiger partial charge in [0.05, 0.1) is 12.2 Å². The van der Waals surface area contributed by atoms with Crippen LogP contribution in [-0.4, -0.2) is 17.2 Å². The standard InChI is InChI=1S/C10H15N3/c1-8(2)6-10(11-3)9-4-5-12-13-7-9/h4-7,10-11H,1-3H3. The molecular weight excluding hydrogens is 162 g/mol. The number of hydrogen-bond donors (Lipinski definition) is 1. The third-order valence-electron chi connectivity index (χ3n) is 1.78. The fraction of sp³-hybridized carbons (Fsp3) is 0.400. The topological polar surface area (TPSA) is 37.8 Å². The van der Waals surface area contributed by atoms with Crippen LogP contribution in [0.5, 0.6) is 0 Å². The van der Waals surface area contributed by atoms with Crippen molar-refractivity contribution in [2.45, 2.75) is 19.9 Å². The average Bonchev–Trinajstić information content (AvgIpc) is 2.15. The first-order chi connectivity index (χ1) is 6.24. The van der Waals surface area contributed by atoms with Gasteiger partial charge in [0.25, 0.3) is 0 Å². The molecule has 3 heteroatoms. The fourth-order valence-electron chi connectivity index (χ4n) is 1.16. The summed E-state index contributed by atoms with van der Waals surface area (Å²) in [6.45, 7) is 4.16. The second-order valence-electron chi connectivity index (χ2n) is 3.19. The zero-order valence-corrected chi connectivity index (χ0v) is 8.28. The second kappa shape index (κ2) is 4.72. The molecule has 0 spiro atoms. The lowest BCUT2D eigenvalue weighted by atomic mass is 10.1. The average molecular weight is 177 g/mol. The van der Waals surface area contributed by atoms with Crippen molar-refractivity contribution in [3.63, 3.8) is 0 Å². The molecule has 0 saturated heterocycles. The van der Waals surface area contributed by atoms with E-state index in [0.717, 1.165) is 5.56 Å². The Hall–Kier alpha value is -1.22. The summed E-state index contributed by atoms with van der Waals surface area (Å²) in [4.78, 5) is 0. The van der Waals surface area contributed by atoms with Crippen LogP contribution in [0.2, 0.25) is 0 Å². The molecule has 1 aromatic heterocycles. The molecule has 0 aliphatic rings. The predicted molar refractivity (Wildman–Crippen MR) is 53.3 cm³/mol. The van der Waals surface area contributed by atoms with E-state index in [-0.39, 0.29) is 6.04 Å². The molecule has 1 heterocycles. The van der Waals surface area contributed by atoms with Crippen LogP contribution in [0.4, 0.5) is 0 Å². The van der Waals surface area contributed by atoms with Gasteiger partial charge in [-0.05, 0) is 32.5 Å². The molecule has 0 aliphatic heterocycles. The SMILES string of the molecule is CNC(C=C(C)C)c1ccnnc1. The van der Waals surface area contributed by atoms with Gasteiger partial charge in [0, 0.05) is 6.20 Å². The molecule has 13 heavy (non-hydrogen) atoms. The predicted octanol–water partition coefficient (Wildman–Crippen LogP) is 1.70. The number of aromatic nitrogens is 2. The van der Waals surface area contributed by atoms with Crippen LogP contribution in [0.25, 0.3) is 0 Å². The van der Waals surface area contributed by atoms with Gasteiger partial charge in [0.1, 0.15) is 0 Å². The van der Waals surface area contributed by atoms with Crippen LogP contribution in [0, 0.1) is 0 Å². The van der Waals surface area contributed by atoms with Crippen molar-refractivity contribution in [3.8, 4) is 0 Å². The number of nitrogens with zero attached hydrogens (tertiary/aromatic N) is 2. The van der Waals surface area contributed by atoms with Gasteiger partial charge >= 0.3 is 0 Å². The molecule has 0 saturated carbocycles. The Labute approximate surface area is 78.9 Å². The van der Waals surface area contributed by atoms with Gasteiger partial charge in [-0.3, -0.25) is 0 Å². The lowest BCUT2D eigenvalue weighted by Gasteiger charge is -2.11. The maximum atomic E-state index is 3.84. The largest absolute Gasteiger partial charge is 0.310 e. The Morgan fingerprint density at radius 2 is 2.23 bits per heavy atom. The monoisotopic (exact) mass is 177 g/mol. The highest BCUT2D eigenvalue weighted by atomic mass is 15.1. The van der Waals surface area contributed by atoms with Crippen LogP contribution in [0.1, 0.15) is 25.5 Å². The summed E-state index contributed by atoms with van der Waals surface area (Å²) in [5.41, 5.74) is 2.43. The third-order valence-corrected chi connectivity index (χ3v) is 1.78. The molecule has 0 fully saturated rings. The summed E-state index contributed by atoms with van der Waals surface area (Å²) < 4.78 is 0. The first kappa shape index (κ1) is 9.86. The zero-order valence-electron chi connectivity index (χ0n) is 8.28. The minimum atomic E-state index is 0.237. The molecular formula is C10H15N3. The van der Waals surface area contributed by atoms with Gasteiger partial charge in [-0.15, -0.1) is 0 Å². The van der Waals surface area contributed by atoms with E-state index in [1.165, 1.54) is 5.57 Å². The van der Waals surface area contributed by atoms with Gasteiger partial charge < -0.3 is 5.32 Å². The van der Waals surface area contributed by atoms with Crippen molar-refractivity contribution < 1.29 is 0 Å². The smallest absolute Gasteiger partial charge is 0.0547 e. The minimum Gasteiger partial charge on any atom is -0.310 e. The van der Waals surface area contributed by atoms with Gasteiger partial charge in [-0.2, -0.15) is 10.2 Å². The van der Waals surface area contributed by atoms with Crippen LogP contribution in [0.3, 0.4) is 0 Å². The normalized spacial score (nSPS) is 12.2. The van der Waals surface area contributed by atoms with Gasteiger partial charge in [0.2, 0.25) is 0 Å². The highest BCUT2D eigenvalue weighted by Gasteiger charge is 2.04. The molecule has 1 unspecified atom stereocenters. The van der Waals surface area contributed by atoms with E-state index >= 15 is 0 Å². The minimum absolute atomic E-state index is 0.237. The van der Waals surface area contributed by atoms with Crippen molar-refractivity contribution in [2.24, 2.45) is 0 Å². The Balaban J connectivity index is 2.85. The number of allylic oxidation sites excluding steroid dienone is 1. The maximum absolute atomic E-state index is 3.84. The second-order valence-corrected chi connectivity index (χ2v) is 3.19. The number of likely N-dealkylation sites (N-methyl/N-ethyl adjacent to an activating group) is 1. The van der Waals surface area contributed by atoms with Crippen LogP contribution in [0.15, 0.2) is 30.1 Å². The Kier molecular flexibility index (Phi) is 3.58. The summed E-state index contributed by atoms with van der Waals surface area (Å²) in [5.74, 6) is 0. The summed E-state index contributed by atoms with van der Waals surface area (Å²) in [5, 5.41) is 10.8. The molecule has 1 rings (SSSR count). The number of rotatable bonds is 3. The van der Waals surface area contributed by atoms with Crippen LogP contribution >= 0.6 is 0 Å². The maximum Gasteiger partial charge on any atom is 0.0547 e. The summed E-state index contributed by atoms with van der Waals surface area (Å²) in [6, 6.07) is 2.20. The van der Waals surface area contributed by atoms with E-state index in [1.807, 2.05) is 13.1 Å². The van der Waals surface area contributed by atoms with E-state index in [4.69, 9.17) is 0 Å². The lowest BCUT2D eigenvalue weighted by Crippen LogP contribution is -2.14. The molecule has 0 aromatic carbocycles. The molecule has 70 valence electrons. The molecule has 0 aliphatic carbocycles. The summed E-state index contributed by atoms with van der Waals surface area (Å²) >= 11 is 0. The number of nitrogens with one attached hydrogen (secondary N) is 1.